The van der Waals surface area contributed by atoms with Gasteiger partial charge in [0, 0.05) is 11.5 Å². The van der Waals surface area contributed by atoms with E-state index in [-0.39, 0.29) is 0 Å². The van der Waals surface area contributed by atoms with Crippen LogP contribution >= 0.6 is 0 Å². The lowest BCUT2D eigenvalue weighted by molar-refractivity contribution is 0.120. The molecule has 0 radical (unpaired) electrons. The van der Waals surface area contributed by atoms with Gasteiger partial charge < -0.3 is 5.32 Å². The largest absolute Gasteiger partial charge is 0.314 e. The molecule has 17 heavy (non-hydrogen) atoms. The van der Waals surface area contributed by atoms with Gasteiger partial charge in [-0.3, -0.25) is 0 Å². The summed E-state index contributed by atoms with van der Waals surface area (Å²) < 4.78 is 0. The van der Waals surface area contributed by atoms with Crippen LogP contribution in [0.25, 0.3) is 0 Å². The summed E-state index contributed by atoms with van der Waals surface area (Å²) in [6.07, 6.45) is 5.49. The summed E-state index contributed by atoms with van der Waals surface area (Å²) in [6.45, 7) is 5.83. The molecule has 1 aromatic carbocycles. The Bertz CT molecular complexity index is 412. The molecule has 3 atom stereocenters. The minimum Gasteiger partial charge on any atom is -0.314 e. The maximum absolute atomic E-state index is 3.71. The van der Waals surface area contributed by atoms with Crippen LogP contribution < -0.4 is 5.32 Å². The van der Waals surface area contributed by atoms with Crippen LogP contribution in [0.5, 0.6) is 0 Å². The minimum absolute atomic E-state index is 0.459. The zero-order valence-electron chi connectivity index (χ0n) is 11.0. The summed E-state index contributed by atoms with van der Waals surface area (Å²) >= 11 is 0. The van der Waals surface area contributed by atoms with Crippen molar-refractivity contribution in [3.8, 4) is 0 Å². The van der Waals surface area contributed by atoms with Crippen molar-refractivity contribution in [2.24, 2.45) is 5.92 Å². The third kappa shape index (κ3) is 1.81. The first-order valence-electron chi connectivity index (χ1n) is 7.01. The van der Waals surface area contributed by atoms with E-state index < -0.39 is 0 Å². The Balaban J connectivity index is 2.02. The predicted octanol–water partition coefficient (Wildman–Crippen LogP) is 3.41. The molecule has 1 nitrogen and oxygen atoms in total. The van der Waals surface area contributed by atoms with Gasteiger partial charge in [0.2, 0.25) is 0 Å². The molecule has 0 amide bonds. The zero-order valence-corrected chi connectivity index (χ0v) is 11.0. The number of benzene rings is 1. The van der Waals surface area contributed by atoms with Crippen molar-refractivity contribution in [2.75, 3.05) is 6.54 Å². The average Bonchev–Trinajstić information content (AvgIpc) is 2.35. The van der Waals surface area contributed by atoms with Crippen LogP contribution in [0.2, 0.25) is 0 Å². The molecule has 1 aromatic rings. The monoisotopic (exact) mass is 229 g/mol. The van der Waals surface area contributed by atoms with Crippen LogP contribution in [0.15, 0.2) is 24.3 Å². The Morgan fingerprint density at radius 1 is 1.35 bits per heavy atom. The Kier molecular flexibility index (Phi) is 2.74. The highest BCUT2D eigenvalue weighted by molar-refractivity contribution is 5.32. The van der Waals surface area contributed by atoms with Gasteiger partial charge in [-0.1, -0.05) is 43.2 Å². The number of aryl methyl sites for hydroxylation is 1. The number of nitrogens with one attached hydrogen (secondary N) is 1. The second-order valence-electron chi connectivity index (χ2n) is 6.13. The van der Waals surface area contributed by atoms with Gasteiger partial charge in [0.05, 0.1) is 0 Å². The van der Waals surface area contributed by atoms with Crippen molar-refractivity contribution >= 4 is 0 Å². The summed E-state index contributed by atoms with van der Waals surface area (Å²) in [4.78, 5) is 0. The van der Waals surface area contributed by atoms with Gasteiger partial charge in [-0.05, 0) is 44.2 Å². The lowest BCUT2D eigenvalue weighted by atomic mass is 9.59. The third-order valence-corrected chi connectivity index (χ3v) is 5.04. The summed E-state index contributed by atoms with van der Waals surface area (Å²) in [6, 6.07) is 9.99. The highest BCUT2D eigenvalue weighted by Crippen LogP contribution is 2.47. The first kappa shape index (κ1) is 11.3. The third-order valence-electron chi connectivity index (χ3n) is 5.04. The van der Waals surface area contributed by atoms with Gasteiger partial charge in [-0.2, -0.15) is 0 Å². The highest BCUT2D eigenvalue weighted by atomic mass is 14.9. The summed E-state index contributed by atoms with van der Waals surface area (Å²) in [7, 11) is 0. The Hall–Kier alpha value is -0.820. The fraction of sp³-hybridized carbons (Fsp3) is 0.625. The predicted molar refractivity (Wildman–Crippen MR) is 72.3 cm³/mol. The van der Waals surface area contributed by atoms with Crippen LogP contribution in [-0.4, -0.2) is 12.6 Å². The van der Waals surface area contributed by atoms with Crippen LogP contribution in [-0.2, 0) is 5.41 Å². The van der Waals surface area contributed by atoms with Crippen molar-refractivity contribution in [2.45, 2.75) is 51.0 Å². The van der Waals surface area contributed by atoms with Crippen molar-refractivity contribution in [1.82, 2.24) is 5.32 Å². The van der Waals surface area contributed by atoms with E-state index in [4.69, 9.17) is 0 Å². The molecular weight excluding hydrogens is 206 g/mol. The van der Waals surface area contributed by atoms with Gasteiger partial charge in [0.25, 0.3) is 0 Å². The normalized spacial score (nSPS) is 36.8. The molecule has 3 rings (SSSR count). The fourth-order valence-electron chi connectivity index (χ4n) is 3.97. The van der Waals surface area contributed by atoms with E-state index in [1.54, 1.807) is 5.56 Å². The summed E-state index contributed by atoms with van der Waals surface area (Å²) in [5.74, 6) is 0.765. The molecule has 1 saturated heterocycles. The van der Waals surface area contributed by atoms with Gasteiger partial charge in [-0.15, -0.1) is 0 Å². The van der Waals surface area contributed by atoms with Gasteiger partial charge in [0.15, 0.2) is 0 Å². The number of fused-ring (bicyclic) bond motifs is 2. The molecule has 2 aliphatic rings. The van der Waals surface area contributed by atoms with Crippen molar-refractivity contribution in [3.05, 3.63) is 35.4 Å². The molecule has 1 aliphatic heterocycles. The maximum atomic E-state index is 3.71. The molecule has 92 valence electrons. The van der Waals surface area contributed by atoms with E-state index in [2.05, 4.69) is 43.4 Å². The van der Waals surface area contributed by atoms with E-state index in [1.165, 1.54) is 37.8 Å². The topological polar surface area (TPSA) is 12.0 Å². The molecule has 1 saturated carbocycles. The molecule has 2 bridgehead atoms. The molecule has 0 unspecified atom stereocenters. The fourth-order valence-corrected chi connectivity index (χ4v) is 3.97. The van der Waals surface area contributed by atoms with Crippen molar-refractivity contribution in [3.63, 3.8) is 0 Å². The molecule has 1 heterocycles. The standard InChI is InChI=1S/C16H23N/c1-12-5-3-6-14(9-12)16-8-4-7-15(10-16)17-11-13(16)2/h3,5-6,9,13,15,17H,4,7-8,10-11H2,1-2H3/t13-,15-,16+/m1/s1. The molecule has 2 fully saturated rings. The molecule has 1 aliphatic carbocycles. The molecule has 0 aromatic heterocycles. The first-order chi connectivity index (χ1) is 8.21. The van der Waals surface area contributed by atoms with E-state index in [0.717, 1.165) is 12.0 Å². The van der Waals surface area contributed by atoms with Crippen LogP contribution in [0, 0.1) is 12.8 Å². The molecule has 0 spiro atoms. The summed E-state index contributed by atoms with van der Waals surface area (Å²) in [5, 5.41) is 3.71. The van der Waals surface area contributed by atoms with Gasteiger partial charge in [-0.25, -0.2) is 0 Å². The number of hydrogen-bond acceptors (Lipinski definition) is 1. The Morgan fingerprint density at radius 3 is 3.06 bits per heavy atom. The molecular formula is C16H23N. The van der Waals surface area contributed by atoms with Gasteiger partial charge in [0.1, 0.15) is 0 Å². The zero-order chi connectivity index (χ0) is 11.9. The van der Waals surface area contributed by atoms with E-state index in [0.29, 0.717) is 5.41 Å². The van der Waals surface area contributed by atoms with Crippen LogP contribution in [0.3, 0.4) is 0 Å². The number of rotatable bonds is 1. The number of hydrogen-bond donors (Lipinski definition) is 1. The second kappa shape index (κ2) is 4.13. The minimum atomic E-state index is 0.459. The lowest BCUT2D eigenvalue weighted by Gasteiger charge is -2.50. The average molecular weight is 229 g/mol. The van der Waals surface area contributed by atoms with Crippen molar-refractivity contribution in [1.29, 1.82) is 0 Å². The van der Waals surface area contributed by atoms with Crippen LogP contribution in [0.4, 0.5) is 0 Å². The van der Waals surface area contributed by atoms with Crippen LogP contribution in [0.1, 0.15) is 43.7 Å². The van der Waals surface area contributed by atoms with Gasteiger partial charge >= 0.3 is 0 Å². The Morgan fingerprint density at radius 2 is 2.24 bits per heavy atom. The number of piperidine rings is 1. The van der Waals surface area contributed by atoms with E-state index in [9.17, 15) is 0 Å². The smallest absolute Gasteiger partial charge is 0.00757 e. The van der Waals surface area contributed by atoms with E-state index >= 15 is 0 Å². The van der Waals surface area contributed by atoms with E-state index in [1.807, 2.05) is 0 Å². The second-order valence-corrected chi connectivity index (χ2v) is 6.13. The molecule has 1 N–H and O–H groups in total. The maximum Gasteiger partial charge on any atom is 0.00757 e. The SMILES string of the molecule is Cc1cccc([C@@]23CCC[C@H](C2)NC[C@H]3C)c1. The lowest BCUT2D eigenvalue weighted by Crippen LogP contribution is -2.54. The highest BCUT2D eigenvalue weighted by Gasteiger charge is 2.44. The van der Waals surface area contributed by atoms with Crippen molar-refractivity contribution < 1.29 is 0 Å². The summed E-state index contributed by atoms with van der Waals surface area (Å²) in [5.41, 5.74) is 3.46. The first-order valence-corrected chi connectivity index (χ1v) is 7.01. The Labute approximate surface area is 105 Å². The quantitative estimate of drug-likeness (QED) is 0.778. The molecule has 1 heteroatoms.